The highest BCUT2D eigenvalue weighted by atomic mass is 32.2. The summed E-state index contributed by atoms with van der Waals surface area (Å²) >= 11 is 1.44. The molecule has 1 fully saturated rings. The Balaban J connectivity index is 1.67. The molecule has 158 valence electrons. The monoisotopic (exact) mass is 436 g/mol. The van der Waals surface area contributed by atoms with Crippen LogP contribution in [0.5, 0.6) is 0 Å². The standard InChI is InChI=1S/C20H28N4O3S2/c1-14(2)10-19-22-23-20(28-19)21-12-18(25)16-7-4-8-17(11-16)29(26,27)24-9-5-6-15(3)13-24/h4,7-8,11,14-15H,5-6,9-10,12-13H2,1-3H3,(H,21,23). The SMILES string of the molecule is CC(C)Cc1nnc(NCC(=O)c2cccc(S(=O)(=O)N3CCCC(C)C3)c2)s1. The van der Waals surface area contributed by atoms with Crippen LogP contribution >= 0.6 is 11.3 Å². The third-order valence-corrected chi connectivity index (χ3v) is 7.63. The molecule has 0 saturated carbocycles. The van der Waals surface area contributed by atoms with Crippen LogP contribution in [-0.4, -0.2) is 48.3 Å². The van der Waals surface area contributed by atoms with Gasteiger partial charge in [0.1, 0.15) is 5.01 Å². The van der Waals surface area contributed by atoms with E-state index in [1.54, 1.807) is 18.2 Å². The Hall–Kier alpha value is -1.84. The van der Waals surface area contributed by atoms with E-state index in [2.05, 4.69) is 36.3 Å². The Morgan fingerprint density at radius 2 is 2.14 bits per heavy atom. The molecule has 3 rings (SSSR count). The van der Waals surface area contributed by atoms with Gasteiger partial charge in [-0.05, 0) is 36.8 Å². The second-order valence-electron chi connectivity index (χ2n) is 8.01. The molecule has 0 aliphatic carbocycles. The lowest BCUT2D eigenvalue weighted by Crippen LogP contribution is -2.39. The molecule has 29 heavy (non-hydrogen) atoms. The number of ketones is 1. The Kier molecular flexibility index (Phi) is 7.02. The Labute approximate surface area is 176 Å². The predicted octanol–water partition coefficient (Wildman–Crippen LogP) is 3.45. The van der Waals surface area contributed by atoms with E-state index < -0.39 is 10.0 Å². The Bertz CT molecular complexity index is 956. The summed E-state index contributed by atoms with van der Waals surface area (Å²) in [6, 6.07) is 6.30. The maximum atomic E-state index is 13.0. The number of carbonyl (C=O) groups is 1. The maximum absolute atomic E-state index is 13.0. The number of piperidine rings is 1. The van der Waals surface area contributed by atoms with Gasteiger partial charge in [0, 0.05) is 25.1 Å². The molecule has 9 heteroatoms. The first-order chi connectivity index (χ1) is 13.8. The van der Waals surface area contributed by atoms with Crippen LogP contribution < -0.4 is 5.32 Å². The average Bonchev–Trinajstić information content (AvgIpc) is 3.12. The van der Waals surface area contributed by atoms with Crippen molar-refractivity contribution in [3.05, 3.63) is 34.8 Å². The van der Waals surface area contributed by atoms with Crippen LogP contribution in [0.25, 0.3) is 0 Å². The molecule has 2 aromatic rings. The molecule has 7 nitrogen and oxygen atoms in total. The summed E-state index contributed by atoms with van der Waals surface area (Å²) in [5.74, 6) is 0.653. The molecule has 1 aliphatic heterocycles. The van der Waals surface area contributed by atoms with Gasteiger partial charge in [-0.1, -0.05) is 44.2 Å². The fourth-order valence-corrected chi connectivity index (χ4v) is 5.95. The van der Waals surface area contributed by atoms with Crippen molar-refractivity contribution in [1.82, 2.24) is 14.5 Å². The van der Waals surface area contributed by atoms with Gasteiger partial charge in [0.15, 0.2) is 5.78 Å². The van der Waals surface area contributed by atoms with E-state index >= 15 is 0 Å². The molecule has 0 amide bonds. The topological polar surface area (TPSA) is 92.3 Å². The fourth-order valence-electron chi connectivity index (χ4n) is 3.36. The molecular weight excluding hydrogens is 408 g/mol. The molecule has 2 heterocycles. The third kappa shape index (κ3) is 5.61. The van der Waals surface area contributed by atoms with E-state index in [1.807, 2.05) is 0 Å². The molecule has 0 bridgehead atoms. The Morgan fingerprint density at radius 3 is 2.86 bits per heavy atom. The molecule has 1 aromatic carbocycles. The van der Waals surface area contributed by atoms with E-state index in [0.717, 1.165) is 24.3 Å². The zero-order chi connectivity index (χ0) is 21.0. The summed E-state index contributed by atoms with van der Waals surface area (Å²) in [6.07, 6.45) is 2.76. The number of sulfonamides is 1. The number of hydrogen-bond donors (Lipinski definition) is 1. The highest BCUT2D eigenvalue weighted by Crippen LogP contribution is 2.24. The van der Waals surface area contributed by atoms with E-state index in [4.69, 9.17) is 0 Å². The van der Waals surface area contributed by atoms with Crippen molar-refractivity contribution in [3.8, 4) is 0 Å². The molecule has 1 saturated heterocycles. The zero-order valence-electron chi connectivity index (χ0n) is 17.1. The zero-order valence-corrected chi connectivity index (χ0v) is 18.7. The van der Waals surface area contributed by atoms with Gasteiger partial charge in [-0.3, -0.25) is 4.79 Å². The Morgan fingerprint density at radius 1 is 1.34 bits per heavy atom. The number of Topliss-reactive ketones (excluding diaryl/α,β-unsaturated/α-hetero) is 1. The van der Waals surface area contributed by atoms with Gasteiger partial charge in [-0.2, -0.15) is 4.31 Å². The molecule has 0 spiro atoms. The fraction of sp³-hybridized carbons (Fsp3) is 0.550. The summed E-state index contributed by atoms with van der Waals surface area (Å²) in [5.41, 5.74) is 0.371. The van der Waals surface area contributed by atoms with E-state index in [0.29, 0.717) is 35.6 Å². The van der Waals surface area contributed by atoms with Crippen molar-refractivity contribution in [2.24, 2.45) is 11.8 Å². The van der Waals surface area contributed by atoms with Gasteiger partial charge in [-0.25, -0.2) is 8.42 Å². The molecule has 1 aromatic heterocycles. The molecule has 1 unspecified atom stereocenters. The first kappa shape index (κ1) is 21.9. The van der Waals surface area contributed by atoms with Gasteiger partial charge in [0.25, 0.3) is 0 Å². The number of benzene rings is 1. The number of carbonyl (C=O) groups excluding carboxylic acids is 1. The first-order valence-electron chi connectivity index (χ1n) is 9.95. The van der Waals surface area contributed by atoms with E-state index in [9.17, 15) is 13.2 Å². The molecular formula is C20H28N4O3S2. The summed E-state index contributed by atoms with van der Waals surface area (Å²) < 4.78 is 27.4. The summed E-state index contributed by atoms with van der Waals surface area (Å²) in [6.45, 7) is 7.39. The molecule has 1 aliphatic rings. The summed E-state index contributed by atoms with van der Waals surface area (Å²) in [4.78, 5) is 12.8. The van der Waals surface area contributed by atoms with Crippen molar-refractivity contribution in [2.75, 3.05) is 25.0 Å². The smallest absolute Gasteiger partial charge is 0.243 e. The second-order valence-corrected chi connectivity index (χ2v) is 11.0. The van der Waals surface area contributed by atoms with Crippen LogP contribution in [0.15, 0.2) is 29.2 Å². The lowest BCUT2D eigenvalue weighted by Gasteiger charge is -2.30. The maximum Gasteiger partial charge on any atom is 0.243 e. The minimum atomic E-state index is -3.59. The predicted molar refractivity (Wildman–Crippen MR) is 115 cm³/mol. The molecule has 0 radical (unpaired) electrons. The van der Waals surface area contributed by atoms with Gasteiger partial charge in [0.05, 0.1) is 11.4 Å². The van der Waals surface area contributed by atoms with Crippen LogP contribution in [0.2, 0.25) is 0 Å². The third-order valence-electron chi connectivity index (χ3n) is 4.86. The highest BCUT2D eigenvalue weighted by Gasteiger charge is 2.29. The van der Waals surface area contributed by atoms with Gasteiger partial charge in [0.2, 0.25) is 15.2 Å². The number of hydrogen-bond acceptors (Lipinski definition) is 7. The second kappa shape index (κ2) is 9.32. The number of aromatic nitrogens is 2. The van der Waals surface area contributed by atoms with Crippen molar-refractivity contribution in [2.45, 2.75) is 44.9 Å². The molecule has 1 N–H and O–H groups in total. The number of nitrogens with zero attached hydrogens (tertiary/aromatic N) is 3. The minimum absolute atomic E-state index is 0.0422. The van der Waals surface area contributed by atoms with Crippen molar-refractivity contribution < 1.29 is 13.2 Å². The van der Waals surface area contributed by atoms with Gasteiger partial charge >= 0.3 is 0 Å². The lowest BCUT2D eigenvalue weighted by molar-refractivity contribution is 0.101. The van der Waals surface area contributed by atoms with Crippen LogP contribution in [-0.2, 0) is 16.4 Å². The number of anilines is 1. The molecule has 1 atom stereocenters. The van der Waals surface area contributed by atoms with Crippen molar-refractivity contribution in [1.29, 1.82) is 0 Å². The van der Waals surface area contributed by atoms with Gasteiger partial charge in [-0.15, -0.1) is 10.2 Å². The van der Waals surface area contributed by atoms with E-state index in [1.165, 1.54) is 21.7 Å². The summed E-state index contributed by atoms with van der Waals surface area (Å²) in [5, 5.41) is 12.7. The average molecular weight is 437 g/mol. The van der Waals surface area contributed by atoms with Crippen molar-refractivity contribution in [3.63, 3.8) is 0 Å². The minimum Gasteiger partial charge on any atom is -0.353 e. The quantitative estimate of drug-likeness (QED) is 0.637. The normalized spacial score (nSPS) is 18.1. The lowest BCUT2D eigenvalue weighted by atomic mass is 10.0. The van der Waals surface area contributed by atoms with E-state index in [-0.39, 0.29) is 17.2 Å². The number of rotatable bonds is 8. The number of nitrogens with one attached hydrogen (secondary N) is 1. The van der Waals surface area contributed by atoms with Crippen LogP contribution in [0.4, 0.5) is 5.13 Å². The van der Waals surface area contributed by atoms with Gasteiger partial charge < -0.3 is 5.32 Å². The highest BCUT2D eigenvalue weighted by molar-refractivity contribution is 7.89. The van der Waals surface area contributed by atoms with Crippen LogP contribution in [0, 0.1) is 11.8 Å². The van der Waals surface area contributed by atoms with Crippen LogP contribution in [0.1, 0.15) is 49.0 Å². The first-order valence-corrected chi connectivity index (χ1v) is 12.2. The van der Waals surface area contributed by atoms with Crippen molar-refractivity contribution >= 4 is 32.3 Å². The van der Waals surface area contributed by atoms with Crippen LogP contribution in [0.3, 0.4) is 0 Å². The largest absolute Gasteiger partial charge is 0.353 e. The summed E-state index contributed by atoms with van der Waals surface area (Å²) in [7, 11) is -3.59.